The number of nitrogens with one attached hydrogen (secondary N) is 4. The van der Waals surface area contributed by atoms with Crippen LogP contribution in [0.1, 0.15) is 57.1 Å². The van der Waals surface area contributed by atoms with Gasteiger partial charge in [-0.3, -0.25) is 28.7 Å². The molecular weight excluding hydrogens is 646 g/mol. The number of carbonyl (C=O) groups is 5. The van der Waals surface area contributed by atoms with Crippen molar-refractivity contribution in [3.63, 3.8) is 0 Å². The number of thiophene rings is 1. The molecule has 2 aromatic heterocycles. The lowest BCUT2D eigenvalue weighted by molar-refractivity contribution is -0.133. The van der Waals surface area contributed by atoms with Crippen molar-refractivity contribution in [3.05, 3.63) is 59.1 Å². The summed E-state index contributed by atoms with van der Waals surface area (Å²) in [6.07, 6.45) is 0.423. The van der Waals surface area contributed by atoms with Crippen molar-refractivity contribution in [2.75, 3.05) is 20.2 Å². The molecule has 1 aliphatic rings. The van der Waals surface area contributed by atoms with E-state index in [1.807, 2.05) is 45.2 Å². The van der Waals surface area contributed by atoms with Crippen molar-refractivity contribution >= 4 is 40.9 Å². The fourth-order valence-corrected chi connectivity index (χ4v) is 6.22. The number of amides is 5. The van der Waals surface area contributed by atoms with Crippen LogP contribution in [0, 0.1) is 11.8 Å². The largest absolute Gasteiger partial charge is 0.497 e. The molecule has 3 heterocycles. The molecule has 0 aliphatic carbocycles. The number of rotatable bonds is 8. The second kappa shape index (κ2) is 16.6. The molecule has 1 fully saturated rings. The highest BCUT2D eigenvalue weighted by molar-refractivity contribution is 7.13. The lowest BCUT2D eigenvalue weighted by Gasteiger charge is -2.31. The monoisotopic (exact) mass is 693 g/mol. The van der Waals surface area contributed by atoms with Crippen LogP contribution < -0.4 is 26.0 Å². The molecule has 5 amide bonds. The van der Waals surface area contributed by atoms with Crippen LogP contribution in [-0.2, 0) is 32.6 Å². The Hall–Kier alpha value is -4.72. The highest BCUT2D eigenvalue weighted by atomic mass is 32.1. The van der Waals surface area contributed by atoms with Gasteiger partial charge in [-0.25, -0.2) is 0 Å². The minimum absolute atomic E-state index is 0.00300. The first-order valence-corrected chi connectivity index (χ1v) is 17.3. The number of aromatic nitrogens is 2. The molecule has 1 aliphatic heterocycles. The summed E-state index contributed by atoms with van der Waals surface area (Å²) < 4.78 is 6.72. The van der Waals surface area contributed by atoms with Crippen molar-refractivity contribution in [1.82, 2.24) is 35.9 Å². The molecule has 4 N–H and O–H groups in total. The van der Waals surface area contributed by atoms with E-state index in [0.717, 1.165) is 10.4 Å². The molecule has 14 heteroatoms. The summed E-state index contributed by atoms with van der Waals surface area (Å²) in [7, 11) is 3.22. The van der Waals surface area contributed by atoms with E-state index in [-0.39, 0.29) is 37.0 Å². The quantitative estimate of drug-likeness (QED) is 0.282. The molecule has 0 radical (unpaired) electrons. The van der Waals surface area contributed by atoms with Crippen molar-refractivity contribution in [2.45, 2.75) is 71.6 Å². The van der Waals surface area contributed by atoms with Gasteiger partial charge in [-0.15, -0.1) is 11.3 Å². The normalized spacial score (nSPS) is 21.4. The second-order valence-electron chi connectivity index (χ2n) is 13.2. The van der Waals surface area contributed by atoms with Crippen LogP contribution in [0.25, 0.3) is 10.6 Å². The summed E-state index contributed by atoms with van der Waals surface area (Å²) in [6, 6.07) is 9.02. The third-order valence-electron chi connectivity index (χ3n) is 8.39. The maximum absolute atomic E-state index is 14.1. The Morgan fingerprint density at radius 3 is 2.27 bits per heavy atom. The fourth-order valence-electron chi connectivity index (χ4n) is 5.54. The molecule has 4 atom stereocenters. The van der Waals surface area contributed by atoms with Crippen LogP contribution >= 0.6 is 11.3 Å². The number of ether oxygens (including phenoxy) is 1. The van der Waals surface area contributed by atoms with Gasteiger partial charge >= 0.3 is 0 Å². The summed E-state index contributed by atoms with van der Waals surface area (Å²) in [4.78, 5) is 70.9. The van der Waals surface area contributed by atoms with Gasteiger partial charge in [-0.1, -0.05) is 45.9 Å². The van der Waals surface area contributed by atoms with E-state index in [2.05, 4.69) is 26.4 Å². The van der Waals surface area contributed by atoms with Crippen LogP contribution in [0.4, 0.5) is 0 Å². The van der Waals surface area contributed by atoms with E-state index in [0.29, 0.717) is 17.9 Å². The Morgan fingerprint density at radius 2 is 1.65 bits per heavy atom. The fraction of sp³-hybridized carbons (Fsp3) is 0.486. The molecule has 264 valence electrons. The molecule has 0 spiro atoms. The van der Waals surface area contributed by atoms with Crippen LogP contribution in [0.15, 0.2) is 47.8 Å². The summed E-state index contributed by atoms with van der Waals surface area (Å²) in [6.45, 7) is 8.83. The summed E-state index contributed by atoms with van der Waals surface area (Å²) in [5.41, 5.74) is 1.65. The van der Waals surface area contributed by atoms with Crippen LogP contribution in [0.5, 0.6) is 5.75 Å². The standard InChI is InChI=1S/C35H47N7O6S/c1-20(2)15-26-34(46)38-27(16-23-10-12-24(48-7)13-11-23)33(45)36-22(5)32(44)39-28(21(3)4)18-42(19-31(43)37-26)35(47)29-17-25(40-41(29)6)30-9-8-14-49-30/h8-14,17,20-22,26-28H,15-16,18-19H2,1-7H3,(H,36,45)(H,37,43)(H,38,46)(H,39,44)/t22-,26+,27+,28-/m1/s1. The SMILES string of the molecule is COc1ccc(C[C@@H]2NC(=O)[C@H](CC(C)C)NC(=O)CN(C(=O)c3cc(-c4cccs4)nn3C)C[C@H](C(C)C)NC(=O)[C@@H](C)NC2=O)cc1. The third-order valence-corrected chi connectivity index (χ3v) is 9.28. The van der Waals surface area contributed by atoms with Crippen molar-refractivity contribution in [3.8, 4) is 16.3 Å². The molecule has 3 aromatic rings. The molecule has 0 unspecified atom stereocenters. The highest BCUT2D eigenvalue weighted by Gasteiger charge is 2.33. The van der Waals surface area contributed by atoms with Gasteiger partial charge in [0.05, 0.1) is 18.5 Å². The first kappa shape index (κ1) is 37.1. The minimum atomic E-state index is -1.05. The van der Waals surface area contributed by atoms with Gasteiger partial charge < -0.3 is 30.9 Å². The molecule has 49 heavy (non-hydrogen) atoms. The van der Waals surface area contributed by atoms with Crippen LogP contribution in [0.2, 0.25) is 0 Å². The first-order chi connectivity index (χ1) is 23.2. The average Bonchev–Trinajstić information content (AvgIpc) is 3.72. The lowest BCUT2D eigenvalue weighted by Crippen LogP contribution is -2.57. The molecule has 0 bridgehead atoms. The Labute approximate surface area is 291 Å². The first-order valence-electron chi connectivity index (χ1n) is 16.5. The Morgan fingerprint density at radius 1 is 0.959 bits per heavy atom. The Bertz CT molecular complexity index is 1620. The predicted octanol–water partition coefficient (Wildman–Crippen LogP) is 2.52. The number of methoxy groups -OCH3 is 1. The van der Waals surface area contributed by atoms with Crippen LogP contribution in [-0.4, -0.2) is 88.6 Å². The van der Waals surface area contributed by atoms with Gasteiger partial charge in [0.25, 0.3) is 5.91 Å². The molecule has 1 aromatic carbocycles. The smallest absolute Gasteiger partial charge is 0.272 e. The van der Waals surface area contributed by atoms with Crippen molar-refractivity contribution < 1.29 is 28.7 Å². The third kappa shape index (κ3) is 9.91. The van der Waals surface area contributed by atoms with Gasteiger partial charge in [-0.2, -0.15) is 5.10 Å². The van der Waals surface area contributed by atoms with Crippen molar-refractivity contribution in [2.24, 2.45) is 18.9 Å². The topological polar surface area (TPSA) is 164 Å². The zero-order valence-corrected chi connectivity index (χ0v) is 29.9. The number of hydrogen-bond acceptors (Lipinski definition) is 8. The summed E-state index contributed by atoms with van der Waals surface area (Å²) >= 11 is 1.49. The van der Waals surface area contributed by atoms with E-state index in [4.69, 9.17) is 4.74 Å². The number of carbonyl (C=O) groups excluding carboxylic acids is 5. The van der Waals surface area contributed by atoms with Gasteiger partial charge in [0.1, 0.15) is 35.3 Å². The number of hydrogen-bond donors (Lipinski definition) is 4. The van der Waals surface area contributed by atoms with Crippen molar-refractivity contribution in [1.29, 1.82) is 0 Å². The van der Waals surface area contributed by atoms with Gasteiger partial charge in [0.2, 0.25) is 23.6 Å². The molecule has 4 rings (SSSR count). The van der Waals surface area contributed by atoms with Gasteiger partial charge in [0.15, 0.2) is 0 Å². The molecule has 0 saturated carbocycles. The Kier molecular flexibility index (Phi) is 12.6. The number of nitrogens with zero attached hydrogens (tertiary/aromatic N) is 3. The maximum atomic E-state index is 14.1. The highest BCUT2D eigenvalue weighted by Crippen LogP contribution is 2.24. The second-order valence-corrected chi connectivity index (χ2v) is 14.1. The van der Waals surface area contributed by atoms with E-state index in [1.54, 1.807) is 51.4 Å². The van der Waals surface area contributed by atoms with E-state index >= 15 is 0 Å². The Balaban J connectivity index is 1.68. The van der Waals surface area contributed by atoms with Crippen LogP contribution in [0.3, 0.4) is 0 Å². The zero-order valence-electron chi connectivity index (χ0n) is 29.1. The number of benzene rings is 1. The zero-order chi connectivity index (χ0) is 35.8. The molecule has 13 nitrogen and oxygen atoms in total. The summed E-state index contributed by atoms with van der Waals surface area (Å²) in [5, 5.41) is 17.8. The van der Waals surface area contributed by atoms with E-state index in [1.165, 1.54) is 20.9 Å². The molecular formula is C35H47N7O6S. The predicted molar refractivity (Wildman–Crippen MR) is 187 cm³/mol. The van der Waals surface area contributed by atoms with Gasteiger partial charge in [0, 0.05) is 26.1 Å². The van der Waals surface area contributed by atoms with Gasteiger partial charge in [-0.05, 0) is 60.4 Å². The average molecular weight is 694 g/mol. The van der Waals surface area contributed by atoms with E-state index < -0.39 is 53.7 Å². The lowest BCUT2D eigenvalue weighted by atomic mass is 10.0. The number of aryl methyl sites for hydroxylation is 1. The summed E-state index contributed by atoms with van der Waals surface area (Å²) in [5.74, 6) is -2.06. The minimum Gasteiger partial charge on any atom is -0.497 e. The molecule has 1 saturated heterocycles. The maximum Gasteiger partial charge on any atom is 0.272 e. The van der Waals surface area contributed by atoms with E-state index in [9.17, 15) is 24.0 Å².